The lowest BCUT2D eigenvalue weighted by Gasteiger charge is -2.13. The molecule has 3 N–H and O–H groups in total. The van der Waals surface area contributed by atoms with Gasteiger partial charge in [0.25, 0.3) is 0 Å². The summed E-state index contributed by atoms with van der Waals surface area (Å²) in [5, 5.41) is 3.45. The Labute approximate surface area is 118 Å². The molecular weight excluding hydrogens is 266 g/mol. The fourth-order valence-electron chi connectivity index (χ4n) is 1.42. The van der Waals surface area contributed by atoms with E-state index < -0.39 is 0 Å². The summed E-state index contributed by atoms with van der Waals surface area (Å²) in [6.45, 7) is 4.80. The van der Waals surface area contributed by atoms with Crippen molar-refractivity contribution in [2.45, 2.75) is 13.8 Å². The number of nitrogens with two attached hydrogens (primary N) is 1. The van der Waals surface area contributed by atoms with Crippen molar-refractivity contribution in [3.63, 3.8) is 0 Å². The summed E-state index contributed by atoms with van der Waals surface area (Å²) in [5.41, 5.74) is 6.46. The lowest BCUT2D eigenvalue weighted by atomic mass is 10.2. The Hall–Kier alpha value is -1.62. The minimum Gasteiger partial charge on any atom is -0.495 e. The Bertz CT molecular complexity index is 461. The second-order valence-electron chi connectivity index (χ2n) is 4.43. The highest BCUT2D eigenvalue weighted by atomic mass is 35.5. The Morgan fingerprint density at radius 2 is 1.95 bits per heavy atom. The maximum atomic E-state index is 6.07. The van der Waals surface area contributed by atoms with Crippen LogP contribution in [0.5, 0.6) is 11.5 Å². The third kappa shape index (κ3) is 4.52. The van der Waals surface area contributed by atoms with Crippen LogP contribution in [0.15, 0.2) is 17.1 Å². The first kappa shape index (κ1) is 15.4. The van der Waals surface area contributed by atoms with Crippen LogP contribution in [-0.2, 0) is 0 Å². The van der Waals surface area contributed by atoms with E-state index in [-0.39, 0.29) is 0 Å². The number of nitrogens with one attached hydrogen (secondary N) is 1. The molecule has 0 atom stereocenters. The molecular formula is C13H20ClN3O2. The first-order chi connectivity index (χ1) is 8.97. The normalized spacial score (nSPS) is 11.6. The standard InChI is InChI=1S/C13H20ClN3O2/c1-8(2)7-16-13(15)17-10-5-9(14)11(18-3)6-12(10)19-4/h5-6,8H,7H2,1-4H3,(H3,15,16,17). The molecule has 1 aromatic rings. The monoisotopic (exact) mass is 285 g/mol. The fourth-order valence-corrected chi connectivity index (χ4v) is 1.66. The summed E-state index contributed by atoms with van der Waals surface area (Å²) < 4.78 is 10.4. The zero-order valence-corrected chi connectivity index (χ0v) is 12.4. The van der Waals surface area contributed by atoms with Crippen LogP contribution in [0, 0.1) is 5.92 Å². The second kappa shape index (κ2) is 7.09. The summed E-state index contributed by atoms with van der Waals surface area (Å²) in [7, 11) is 3.11. The average molecular weight is 286 g/mol. The Morgan fingerprint density at radius 3 is 2.47 bits per heavy atom. The molecule has 0 aromatic heterocycles. The zero-order valence-electron chi connectivity index (χ0n) is 11.7. The van der Waals surface area contributed by atoms with Crippen molar-refractivity contribution in [2.75, 3.05) is 26.1 Å². The molecule has 1 rings (SSSR count). The first-order valence-corrected chi connectivity index (χ1v) is 6.34. The van der Waals surface area contributed by atoms with E-state index in [1.807, 2.05) is 0 Å². The predicted octanol–water partition coefficient (Wildman–Crippen LogP) is 2.74. The number of rotatable bonds is 5. The quantitative estimate of drug-likeness (QED) is 0.645. The van der Waals surface area contributed by atoms with E-state index in [2.05, 4.69) is 24.2 Å². The second-order valence-corrected chi connectivity index (χ2v) is 4.84. The highest BCUT2D eigenvalue weighted by molar-refractivity contribution is 6.32. The van der Waals surface area contributed by atoms with Gasteiger partial charge in [0.05, 0.1) is 24.9 Å². The van der Waals surface area contributed by atoms with Crippen LogP contribution in [0.1, 0.15) is 13.8 Å². The number of anilines is 1. The number of halogens is 1. The van der Waals surface area contributed by atoms with E-state index >= 15 is 0 Å². The molecule has 6 heteroatoms. The van der Waals surface area contributed by atoms with Gasteiger partial charge in [-0.25, -0.2) is 0 Å². The summed E-state index contributed by atoms with van der Waals surface area (Å²) in [5.74, 6) is 1.90. The molecule has 0 aliphatic carbocycles. The molecule has 0 fully saturated rings. The molecule has 0 amide bonds. The van der Waals surface area contributed by atoms with Crippen LogP contribution in [-0.4, -0.2) is 26.7 Å². The maximum absolute atomic E-state index is 6.07. The third-order valence-electron chi connectivity index (χ3n) is 2.36. The van der Waals surface area contributed by atoms with Crippen LogP contribution in [0.2, 0.25) is 5.02 Å². The van der Waals surface area contributed by atoms with E-state index in [9.17, 15) is 0 Å². The third-order valence-corrected chi connectivity index (χ3v) is 2.66. The number of methoxy groups -OCH3 is 2. The molecule has 5 nitrogen and oxygen atoms in total. The van der Waals surface area contributed by atoms with Gasteiger partial charge >= 0.3 is 0 Å². The number of hydrogen-bond donors (Lipinski definition) is 2. The SMILES string of the molecule is COc1cc(OC)c(NC(N)=NCC(C)C)cc1Cl. The van der Waals surface area contributed by atoms with E-state index in [1.54, 1.807) is 26.4 Å². The number of guanidine groups is 1. The highest BCUT2D eigenvalue weighted by Crippen LogP contribution is 2.35. The summed E-state index contributed by atoms with van der Waals surface area (Å²) in [4.78, 5) is 4.22. The lowest BCUT2D eigenvalue weighted by molar-refractivity contribution is 0.396. The molecule has 106 valence electrons. The van der Waals surface area contributed by atoms with Gasteiger partial charge < -0.3 is 20.5 Å². The van der Waals surface area contributed by atoms with Gasteiger partial charge in [-0.2, -0.15) is 0 Å². The fraction of sp³-hybridized carbons (Fsp3) is 0.462. The molecule has 0 heterocycles. The first-order valence-electron chi connectivity index (χ1n) is 5.96. The molecule has 0 bridgehead atoms. The van der Waals surface area contributed by atoms with Crippen LogP contribution in [0.25, 0.3) is 0 Å². The van der Waals surface area contributed by atoms with E-state index in [0.717, 1.165) is 0 Å². The van der Waals surface area contributed by atoms with Gasteiger partial charge in [0, 0.05) is 12.6 Å². The molecule has 0 saturated heterocycles. The molecule has 0 saturated carbocycles. The molecule has 0 unspecified atom stereocenters. The Kier molecular flexibility index (Phi) is 5.76. The smallest absolute Gasteiger partial charge is 0.193 e. The number of aliphatic imine (C=N–C) groups is 1. The summed E-state index contributed by atoms with van der Waals surface area (Å²) >= 11 is 6.07. The summed E-state index contributed by atoms with van der Waals surface area (Å²) in [6, 6.07) is 3.39. The van der Waals surface area contributed by atoms with Crippen molar-refractivity contribution in [2.24, 2.45) is 16.6 Å². The Morgan fingerprint density at radius 1 is 1.32 bits per heavy atom. The number of hydrogen-bond acceptors (Lipinski definition) is 3. The van der Waals surface area contributed by atoms with Crippen molar-refractivity contribution in [3.05, 3.63) is 17.2 Å². The molecule has 0 radical (unpaired) electrons. The molecule has 0 aliphatic heterocycles. The highest BCUT2D eigenvalue weighted by Gasteiger charge is 2.10. The van der Waals surface area contributed by atoms with Crippen molar-refractivity contribution in [1.29, 1.82) is 0 Å². The van der Waals surface area contributed by atoms with Gasteiger partial charge in [0.1, 0.15) is 11.5 Å². The topological polar surface area (TPSA) is 68.9 Å². The molecule has 0 aliphatic rings. The summed E-state index contributed by atoms with van der Waals surface area (Å²) in [6.07, 6.45) is 0. The maximum Gasteiger partial charge on any atom is 0.193 e. The van der Waals surface area contributed by atoms with Crippen LogP contribution in [0.3, 0.4) is 0 Å². The van der Waals surface area contributed by atoms with Crippen molar-refractivity contribution >= 4 is 23.2 Å². The molecule has 1 aromatic carbocycles. The average Bonchev–Trinajstić information content (AvgIpc) is 2.36. The van der Waals surface area contributed by atoms with Gasteiger partial charge in [0.2, 0.25) is 0 Å². The van der Waals surface area contributed by atoms with Crippen LogP contribution < -0.4 is 20.5 Å². The van der Waals surface area contributed by atoms with Gasteiger partial charge in [-0.1, -0.05) is 25.4 Å². The van der Waals surface area contributed by atoms with Crippen molar-refractivity contribution < 1.29 is 9.47 Å². The van der Waals surface area contributed by atoms with E-state index in [0.29, 0.717) is 40.6 Å². The van der Waals surface area contributed by atoms with Crippen molar-refractivity contribution in [1.82, 2.24) is 0 Å². The minimum atomic E-state index is 0.327. The number of ether oxygens (including phenoxy) is 2. The van der Waals surface area contributed by atoms with E-state index in [4.69, 9.17) is 26.8 Å². The van der Waals surface area contributed by atoms with E-state index in [1.165, 1.54) is 0 Å². The largest absolute Gasteiger partial charge is 0.495 e. The van der Waals surface area contributed by atoms with Crippen LogP contribution >= 0.6 is 11.6 Å². The van der Waals surface area contributed by atoms with Gasteiger partial charge in [-0.3, -0.25) is 4.99 Å². The van der Waals surface area contributed by atoms with Gasteiger partial charge in [-0.05, 0) is 12.0 Å². The minimum absolute atomic E-state index is 0.327. The zero-order chi connectivity index (χ0) is 14.4. The number of benzene rings is 1. The predicted molar refractivity (Wildman–Crippen MR) is 79.5 cm³/mol. The van der Waals surface area contributed by atoms with Crippen LogP contribution in [0.4, 0.5) is 5.69 Å². The molecule has 19 heavy (non-hydrogen) atoms. The lowest BCUT2D eigenvalue weighted by Crippen LogP contribution is -2.23. The number of nitrogens with zero attached hydrogens (tertiary/aromatic N) is 1. The Balaban J connectivity index is 2.94. The van der Waals surface area contributed by atoms with Gasteiger partial charge in [0.15, 0.2) is 5.96 Å². The van der Waals surface area contributed by atoms with Crippen molar-refractivity contribution in [3.8, 4) is 11.5 Å². The van der Waals surface area contributed by atoms with Gasteiger partial charge in [-0.15, -0.1) is 0 Å². The molecule has 0 spiro atoms.